The number of hydrazine groups is 1. The minimum Gasteiger partial charge on any atom is -0.274 e. The molecule has 128 valence electrons. The molecule has 1 amide bonds. The van der Waals surface area contributed by atoms with Crippen LogP contribution in [0.25, 0.3) is 0 Å². The number of amides is 1. The Hall–Kier alpha value is -1.18. The van der Waals surface area contributed by atoms with Crippen LogP contribution in [0.1, 0.15) is 48.0 Å². The SMILES string of the molecule is Cc1cc(Cl)cc(C(=O)NNS(=O)(=O)CC2CCCCC2)c1F. The van der Waals surface area contributed by atoms with Gasteiger partial charge in [-0.25, -0.2) is 12.8 Å². The van der Waals surface area contributed by atoms with Gasteiger partial charge in [0.15, 0.2) is 0 Å². The van der Waals surface area contributed by atoms with Crippen LogP contribution in [0.5, 0.6) is 0 Å². The van der Waals surface area contributed by atoms with Crippen molar-refractivity contribution in [2.45, 2.75) is 39.0 Å². The van der Waals surface area contributed by atoms with Gasteiger partial charge < -0.3 is 0 Å². The smallest absolute Gasteiger partial charge is 0.269 e. The van der Waals surface area contributed by atoms with E-state index >= 15 is 0 Å². The van der Waals surface area contributed by atoms with Gasteiger partial charge in [-0.05, 0) is 43.4 Å². The lowest BCUT2D eigenvalue weighted by Crippen LogP contribution is -2.44. The molecule has 0 bridgehead atoms. The highest BCUT2D eigenvalue weighted by Gasteiger charge is 2.22. The molecule has 0 aromatic heterocycles. The fourth-order valence-corrected chi connectivity index (χ4v) is 4.35. The van der Waals surface area contributed by atoms with Crippen LogP contribution in [-0.4, -0.2) is 20.1 Å². The standard InChI is InChI=1S/C15H20ClFN2O3S/c1-10-7-12(16)8-13(14(10)17)15(20)18-19-23(21,22)9-11-5-3-2-4-6-11/h7-8,11,19H,2-6,9H2,1H3,(H,18,20). The fourth-order valence-electron chi connectivity index (χ4n) is 2.79. The van der Waals surface area contributed by atoms with Gasteiger partial charge in [0.2, 0.25) is 10.0 Å². The highest BCUT2D eigenvalue weighted by Crippen LogP contribution is 2.24. The normalized spacial score (nSPS) is 16.3. The Morgan fingerprint density at radius 2 is 1.96 bits per heavy atom. The Bertz CT molecular complexity index is 688. The zero-order valence-electron chi connectivity index (χ0n) is 12.9. The number of rotatable bonds is 5. The van der Waals surface area contributed by atoms with Crippen LogP contribution >= 0.6 is 11.6 Å². The third-order valence-electron chi connectivity index (χ3n) is 3.96. The second-order valence-electron chi connectivity index (χ2n) is 5.93. The molecule has 5 nitrogen and oxygen atoms in total. The van der Waals surface area contributed by atoms with E-state index in [-0.39, 0.29) is 27.8 Å². The molecule has 0 unspecified atom stereocenters. The summed E-state index contributed by atoms with van der Waals surface area (Å²) in [6.45, 7) is 1.48. The van der Waals surface area contributed by atoms with Crippen molar-refractivity contribution in [2.24, 2.45) is 5.92 Å². The summed E-state index contributed by atoms with van der Waals surface area (Å²) >= 11 is 5.80. The van der Waals surface area contributed by atoms with E-state index in [9.17, 15) is 17.6 Å². The second kappa shape index (κ2) is 7.59. The van der Waals surface area contributed by atoms with Gasteiger partial charge in [-0.2, -0.15) is 0 Å². The van der Waals surface area contributed by atoms with Crippen molar-refractivity contribution in [1.82, 2.24) is 10.3 Å². The summed E-state index contributed by atoms with van der Waals surface area (Å²) in [5.41, 5.74) is 1.97. The molecule has 2 N–H and O–H groups in total. The first kappa shape index (κ1) is 18.2. The molecule has 0 spiro atoms. The molecule has 0 atom stereocenters. The first-order chi connectivity index (χ1) is 10.8. The van der Waals surface area contributed by atoms with Crippen molar-refractivity contribution in [3.8, 4) is 0 Å². The number of aryl methyl sites for hydroxylation is 1. The van der Waals surface area contributed by atoms with E-state index in [1.54, 1.807) is 0 Å². The van der Waals surface area contributed by atoms with Gasteiger partial charge in [0.25, 0.3) is 5.91 Å². The summed E-state index contributed by atoms with van der Waals surface area (Å²) in [4.78, 5) is 14.0. The number of nitrogens with one attached hydrogen (secondary N) is 2. The molecule has 0 saturated heterocycles. The average molecular weight is 363 g/mol. The van der Waals surface area contributed by atoms with E-state index in [2.05, 4.69) is 0 Å². The van der Waals surface area contributed by atoms with Crippen molar-refractivity contribution in [3.63, 3.8) is 0 Å². The molecule has 1 saturated carbocycles. The minimum absolute atomic E-state index is 0.0374. The predicted octanol–water partition coefficient (Wildman–Crippen LogP) is 2.93. The Balaban J connectivity index is 1.98. The zero-order chi connectivity index (χ0) is 17.0. The second-order valence-corrected chi connectivity index (χ2v) is 8.13. The number of carbonyl (C=O) groups excluding carboxylic acids is 1. The van der Waals surface area contributed by atoms with Gasteiger partial charge in [-0.3, -0.25) is 10.2 Å². The number of halogens is 2. The molecule has 0 aliphatic heterocycles. The van der Waals surface area contributed by atoms with E-state index in [1.165, 1.54) is 13.0 Å². The van der Waals surface area contributed by atoms with Crippen LogP contribution in [0, 0.1) is 18.7 Å². The average Bonchev–Trinajstić information content (AvgIpc) is 2.49. The molecular weight excluding hydrogens is 343 g/mol. The maximum Gasteiger partial charge on any atom is 0.269 e. The van der Waals surface area contributed by atoms with Crippen molar-refractivity contribution < 1.29 is 17.6 Å². The summed E-state index contributed by atoms with van der Waals surface area (Å²) in [6, 6.07) is 2.55. The zero-order valence-corrected chi connectivity index (χ0v) is 14.4. The molecule has 1 aliphatic rings. The van der Waals surface area contributed by atoms with Crippen molar-refractivity contribution in [2.75, 3.05) is 5.75 Å². The molecular formula is C15H20ClFN2O3S. The van der Waals surface area contributed by atoms with Crippen LogP contribution in [0.2, 0.25) is 5.02 Å². The molecule has 1 fully saturated rings. The van der Waals surface area contributed by atoms with E-state index in [0.717, 1.165) is 38.2 Å². The monoisotopic (exact) mass is 362 g/mol. The molecule has 2 rings (SSSR count). The molecule has 0 radical (unpaired) electrons. The first-order valence-electron chi connectivity index (χ1n) is 7.54. The van der Waals surface area contributed by atoms with E-state index in [1.807, 2.05) is 10.3 Å². The summed E-state index contributed by atoms with van der Waals surface area (Å²) < 4.78 is 37.9. The Morgan fingerprint density at radius 1 is 1.30 bits per heavy atom. The molecule has 1 aromatic rings. The summed E-state index contributed by atoms with van der Waals surface area (Å²) in [6.07, 6.45) is 4.93. The number of benzene rings is 1. The van der Waals surface area contributed by atoms with Gasteiger partial charge in [0, 0.05) is 5.02 Å². The first-order valence-corrected chi connectivity index (χ1v) is 9.57. The molecule has 1 aromatic carbocycles. The summed E-state index contributed by atoms with van der Waals surface area (Å²) in [5.74, 6) is -1.54. The number of hydrogen-bond donors (Lipinski definition) is 2. The predicted molar refractivity (Wildman–Crippen MR) is 87.1 cm³/mol. The maximum atomic E-state index is 13.9. The van der Waals surface area contributed by atoms with Crippen LogP contribution < -0.4 is 10.3 Å². The van der Waals surface area contributed by atoms with Gasteiger partial charge in [-0.1, -0.05) is 30.9 Å². The lowest BCUT2D eigenvalue weighted by molar-refractivity contribution is 0.0940. The summed E-state index contributed by atoms with van der Waals surface area (Å²) in [5, 5.41) is 0.208. The highest BCUT2D eigenvalue weighted by molar-refractivity contribution is 7.89. The molecule has 23 heavy (non-hydrogen) atoms. The summed E-state index contributed by atoms with van der Waals surface area (Å²) in [7, 11) is -3.65. The quantitative estimate of drug-likeness (QED) is 0.791. The number of carbonyl (C=O) groups is 1. The third-order valence-corrected chi connectivity index (χ3v) is 5.51. The third kappa shape index (κ3) is 5.16. The van der Waals surface area contributed by atoms with E-state index in [0.29, 0.717) is 0 Å². The van der Waals surface area contributed by atoms with Crippen LogP contribution in [0.3, 0.4) is 0 Å². The van der Waals surface area contributed by atoms with E-state index in [4.69, 9.17) is 11.6 Å². The van der Waals surface area contributed by atoms with Crippen LogP contribution in [0.4, 0.5) is 4.39 Å². The lowest BCUT2D eigenvalue weighted by atomic mass is 9.91. The topological polar surface area (TPSA) is 75.3 Å². The van der Waals surface area contributed by atoms with Crippen LogP contribution in [-0.2, 0) is 10.0 Å². The van der Waals surface area contributed by atoms with Gasteiger partial charge in [-0.15, -0.1) is 4.83 Å². The van der Waals surface area contributed by atoms with Crippen molar-refractivity contribution in [1.29, 1.82) is 0 Å². The van der Waals surface area contributed by atoms with Gasteiger partial charge in [0.1, 0.15) is 5.82 Å². The van der Waals surface area contributed by atoms with Crippen molar-refractivity contribution >= 4 is 27.5 Å². The Kier molecular flexibility index (Phi) is 6.00. The molecule has 1 aliphatic carbocycles. The van der Waals surface area contributed by atoms with Crippen molar-refractivity contribution in [3.05, 3.63) is 34.1 Å². The number of sulfonamides is 1. The lowest BCUT2D eigenvalue weighted by Gasteiger charge is -2.21. The fraction of sp³-hybridized carbons (Fsp3) is 0.533. The van der Waals surface area contributed by atoms with Gasteiger partial charge in [0.05, 0.1) is 11.3 Å². The highest BCUT2D eigenvalue weighted by atomic mass is 35.5. The largest absolute Gasteiger partial charge is 0.274 e. The Morgan fingerprint density at radius 3 is 2.61 bits per heavy atom. The van der Waals surface area contributed by atoms with Crippen LogP contribution in [0.15, 0.2) is 12.1 Å². The molecule has 8 heteroatoms. The minimum atomic E-state index is -3.65. The van der Waals surface area contributed by atoms with Gasteiger partial charge >= 0.3 is 0 Å². The molecule has 0 heterocycles. The van der Waals surface area contributed by atoms with E-state index < -0.39 is 21.7 Å². The number of hydrogen-bond acceptors (Lipinski definition) is 3. The maximum absolute atomic E-state index is 13.9. The Labute approximate surface area is 140 Å².